The molecule has 3 aromatic rings. The van der Waals surface area contributed by atoms with Gasteiger partial charge < -0.3 is 19.9 Å². The molecule has 2 N–H and O–H groups in total. The zero-order valence-corrected chi connectivity index (χ0v) is 20.3. The van der Waals surface area contributed by atoms with E-state index in [4.69, 9.17) is 21.1 Å². The molecule has 0 bridgehead atoms. The van der Waals surface area contributed by atoms with Crippen LogP contribution in [-0.2, 0) is 6.54 Å². The van der Waals surface area contributed by atoms with Gasteiger partial charge in [0.1, 0.15) is 17.3 Å². The second-order valence-electron chi connectivity index (χ2n) is 7.88. The number of carbonyl (C=O) groups excluding carboxylic acids is 1. The molecule has 0 fully saturated rings. The fourth-order valence-electron chi connectivity index (χ4n) is 3.39. The molecule has 0 spiro atoms. The molecule has 0 saturated carbocycles. The van der Waals surface area contributed by atoms with Crippen molar-refractivity contribution < 1.29 is 28.6 Å². The molecule has 3 aromatic carbocycles. The van der Waals surface area contributed by atoms with E-state index < -0.39 is 11.8 Å². The van der Waals surface area contributed by atoms with Gasteiger partial charge in [-0.05, 0) is 72.5 Å². The summed E-state index contributed by atoms with van der Waals surface area (Å²) in [4.78, 5) is 24.2. The van der Waals surface area contributed by atoms with Crippen molar-refractivity contribution in [3.8, 4) is 22.6 Å². The maximum Gasteiger partial charge on any atom is 0.335 e. The van der Waals surface area contributed by atoms with E-state index >= 15 is 0 Å². The monoisotopic (exact) mass is 499 g/mol. The lowest BCUT2D eigenvalue weighted by molar-refractivity contribution is 0.0696. The Labute approximate surface area is 208 Å². The second-order valence-corrected chi connectivity index (χ2v) is 8.28. The largest absolute Gasteiger partial charge is 0.494 e. The van der Waals surface area contributed by atoms with E-state index in [0.717, 1.165) is 18.9 Å². The van der Waals surface area contributed by atoms with Crippen LogP contribution in [0.25, 0.3) is 11.1 Å². The molecule has 0 atom stereocenters. The van der Waals surface area contributed by atoms with Crippen LogP contribution in [0.15, 0.2) is 54.6 Å². The van der Waals surface area contributed by atoms with Crippen LogP contribution in [0.1, 0.15) is 53.0 Å². The summed E-state index contributed by atoms with van der Waals surface area (Å²) in [5.41, 5.74) is 1.81. The van der Waals surface area contributed by atoms with Crippen LogP contribution in [0.3, 0.4) is 0 Å². The van der Waals surface area contributed by atoms with Crippen molar-refractivity contribution in [2.75, 3.05) is 13.2 Å². The highest BCUT2D eigenvalue weighted by molar-refractivity contribution is 6.34. The van der Waals surface area contributed by atoms with Gasteiger partial charge in [-0.3, -0.25) is 4.79 Å². The van der Waals surface area contributed by atoms with Crippen molar-refractivity contribution >= 4 is 23.5 Å². The number of halogens is 2. The Kier molecular flexibility index (Phi) is 9.09. The summed E-state index contributed by atoms with van der Waals surface area (Å²) in [6.07, 6.45) is 1.65. The first-order valence-corrected chi connectivity index (χ1v) is 11.7. The van der Waals surface area contributed by atoms with Crippen LogP contribution in [0, 0.1) is 5.82 Å². The Morgan fingerprint density at radius 1 is 0.943 bits per heavy atom. The number of carboxylic acids is 1. The summed E-state index contributed by atoms with van der Waals surface area (Å²) >= 11 is 6.30. The predicted octanol–water partition coefficient (Wildman–Crippen LogP) is 6.35. The molecule has 0 aliphatic rings. The average molecular weight is 500 g/mol. The highest BCUT2D eigenvalue weighted by Crippen LogP contribution is 2.29. The van der Waals surface area contributed by atoms with Gasteiger partial charge in [-0.15, -0.1) is 0 Å². The highest BCUT2D eigenvalue weighted by atomic mass is 35.5. The molecule has 0 aliphatic carbocycles. The van der Waals surface area contributed by atoms with Crippen LogP contribution in [0.4, 0.5) is 4.39 Å². The number of hydrogen-bond donors (Lipinski definition) is 2. The van der Waals surface area contributed by atoms with Crippen molar-refractivity contribution in [1.82, 2.24) is 5.32 Å². The number of nitrogens with one attached hydrogen (secondary N) is 1. The Balaban J connectivity index is 1.85. The van der Waals surface area contributed by atoms with Crippen molar-refractivity contribution in [1.29, 1.82) is 0 Å². The minimum atomic E-state index is -1.22. The third-order valence-electron chi connectivity index (χ3n) is 5.10. The first kappa shape index (κ1) is 26.0. The van der Waals surface area contributed by atoms with Crippen LogP contribution in [-0.4, -0.2) is 30.2 Å². The number of ether oxygens (including phenoxy) is 2. The molecular weight excluding hydrogens is 473 g/mol. The van der Waals surface area contributed by atoms with Crippen molar-refractivity contribution in [3.05, 3.63) is 82.1 Å². The summed E-state index contributed by atoms with van der Waals surface area (Å²) < 4.78 is 25.4. The van der Waals surface area contributed by atoms with Gasteiger partial charge in [0, 0.05) is 12.1 Å². The van der Waals surface area contributed by atoms with E-state index in [-0.39, 0.29) is 23.0 Å². The number of aromatic carboxylic acids is 1. The molecule has 8 heteroatoms. The van der Waals surface area contributed by atoms with E-state index in [1.165, 1.54) is 12.1 Å². The topological polar surface area (TPSA) is 84.9 Å². The lowest BCUT2D eigenvalue weighted by Gasteiger charge is -2.15. The summed E-state index contributed by atoms with van der Waals surface area (Å²) in [7, 11) is 0. The predicted molar refractivity (Wildman–Crippen MR) is 133 cm³/mol. The lowest BCUT2D eigenvalue weighted by atomic mass is 10.00. The maximum atomic E-state index is 14.0. The summed E-state index contributed by atoms with van der Waals surface area (Å²) in [5, 5.41) is 12.4. The quantitative estimate of drug-likeness (QED) is 0.321. The van der Waals surface area contributed by atoms with Gasteiger partial charge in [-0.2, -0.15) is 0 Å². The number of carboxylic acid groups (broad SMARTS) is 1. The normalized spacial score (nSPS) is 10.6. The standard InChI is InChI=1S/C27H27ClFNO5/c1-3-9-34-22-6-7-23(24(28)15-22)26(31)30-16-20-11-17(5-8-25(20)35-10-4-2)18-12-19(27(32)33)14-21(29)13-18/h5-8,11-15H,3-4,9-10,16H2,1-2H3,(H,30,31)(H,32,33). The molecule has 0 heterocycles. The van der Waals surface area contributed by atoms with Gasteiger partial charge in [0.05, 0.1) is 29.4 Å². The number of rotatable bonds is 11. The number of benzene rings is 3. The van der Waals surface area contributed by atoms with Crippen LogP contribution < -0.4 is 14.8 Å². The summed E-state index contributed by atoms with van der Waals surface area (Å²) in [6, 6.07) is 13.7. The van der Waals surface area contributed by atoms with Gasteiger partial charge in [-0.25, -0.2) is 9.18 Å². The molecule has 0 radical (unpaired) electrons. The van der Waals surface area contributed by atoms with Crippen LogP contribution in [0.2, 0.25) is 5.02 Å². The molecule has 35 heavy (non-hydrogen) atoms. The Bertz CT molecular complexity index is 1210. The third-order valence-corrected chi connectivity index (χ3v) is 5.41. The molecule has 0 aliphatic heterocycles. The molecule has 1 amide bonds. The second kappa shape index (κ2) is 12.2. The van der Waals surface area contributed by atoms with Crippen LogP contribution in [0.5, 0.6) is 11.5 Å². The summed E-state index contributed by atoms with van der Waals surface area (Å²) in [6.45, 7) is 5.13. The summed E-state index contributed by atoms with van der Waals surface area (Å²) in [5.74, 6) is -1.08. The maximum absolute atomic E-state index is 14.0. The van der Waals surface area contributed by atoms with Gasteiger partial charge >= 0.3 is 5.97 Å². The highest BCUT2D eigenvalue weighted by Gasteiger charge is 2.15. The van der Waals surface area contributed by atoms with Crippen molar-refractivity contribution in [2.24, 2.45) is 0 Å². The van der Waals surface area contributed by atoms with Gasteiger partial charge in [0.15, 0.2) is 0 Å². The Morgan fingerprint density at radius 2 is 1.69 bits per heavy atom. The van der Waals surface area contributed by atoms with Gasteiger partial charge in [0.25, 0.3) is 5.91 Å². The molecule has 6 nitrogen and oxygen atoms in total. The molecule has 184 valence electrons. The van der Waals surface area contributed by atoms with E-state index in [1.54, 1.807) is 36.4 Å². The average Bonchev–Trinajstić information content (AvgIpc) is 2.84. The van der Waals surface area contributed by atoms with E-state index in [2.05, 4.69) is 5.32 Å². The van der Waals surface area contributed by atoms with Gasteiger partial charge in [-0.1, -0.05) is 31.5 Å². The first-order chi connectivity index (χ1) is 16.8. The first-order valence-electron chi connectivity index (χ1n) is 11.3. The van der Waals surface area contributed by atoms with E-state index in [1.807, 2.05) is 13.8 Å². The smallest absolute Gasteiger partial charge is 0.335 e. The van der Waals surface area contributed by atoms with Crippen molar-refractivity contribution in [2.45, 2.75) is 33.2 Å². The zero-order chi connectivity index (χ0) is 25.4. The zero-order valence-electron chi connectivity index (χ0n) is 19.6. The lowest BCUT2D eigenvalue weighted by Crippen LogP contribution is -2.23. The molecule has 0 unspecified atom stereocenters. The van der Waals surface area contributed by atoms with Crippen LogP contribution >= 0.6 is 11.6 Å². The number of hydrogen-bond acceptors (Lipinski definition) is 4. The SMILES string of the molecule is CCCOc1ccc(C(=O)NCc2cc(-c3cc(F)cc(C(=O)O)c3)ccc2OCCC)c(Cl)c1. The molecule has 0 saturated heterocycles. The number of carbonyl (C=O) groups is 2. The molecule has 3 rings (SSSR count). The van der Waals surface area contributed by atoms with Crippen molar-refractivity contribution in [3.63, 3.8) is 0 Å². The van der Waals surface area contributed by atoms with E-state index in [9.17, 15) is 19.1 Å². The van der Waals surface area contributed by atoms with E-state index in [0.29, 0.717) is 47.0 Å². The fraction of sp³-hybridized carbons (Fsp3) is 0.259. The van der Waals surface area contributed by atoms with Gasteiger partial charge in [0.2, 0.25) is 0 Å². The molecular formula is C27H27ClFNO5. The number of amides is 1. The Morgan fingerprint density at radius 3 is 2.37 bits per heavy atom. The minimum absolute atomic E-state index is 0.122. The Hall–Kier alpha value is -3.58. The molecule has 0 aromatic heterocycles. The minimum Gasteiger partial charge on any atom is -0.494 e. The fourth-order valence-corrected chi connectivity index (χ4v) is 3.65. The third kappa shape index (κ3) is 6.96.